The molecule has 3 rings (SSSR count). The van der Waals surface area contributed by atoms with Crippen LogP contribution in [-0.4, -0.2) is 24.3 Å². The summed E-state index contributed by atoms with van der Waals surface area (Å²) in [4.78, 5) is 11.9. The second kappa shape index (κ2) is 5.45. The van der Waals surface area contributed by atoms with Crippen molar-refractivity contribution in [3.8, 4) is 0 Å². The Hall–Kier alpha value is -1.09. The van der Waals surface area contributed by atoms with Crippen molar-refractivity contribution in [2.24, 2.45) is 16.7 Å². The van der Waals surface area contributed by atoms with Gasteiger partial charge in [0.25, 0.3) is 0 Å². The Kier molecular flexibility index (Phi) is 4.03. The summed E-state index contributed by atoms with van der Waals surface area (Å²) in [6, 6.07) is 0. The number of rotatable bonds is 2. The molecule has 3 aliphatic rings. The summed E-state index contributed by atoms with van der Waals surface area (Å²) in [5.74, 6) is 0.280. The predicted octanol–water partition coefficient (Wildman–Crippen LogP) is 4.82. The standard InChI is InChI=1S/C21H32O3/c1-15-8-9-16-18(2,3)10-7-11-20(16,5)21(15)13-12-19(4,24-21)14-17(22)23-6/h8-9,16H,1,7,10-14H2,2-6H3. The highest BCUT2D eigenvalue weighted by Gasteiger charge is 2.64. The molecule has 2 aliphatic carbocycles. The van der Waals surface area contributed by atoms with Crippen LogP contribution < -0.4 is 0 Å². The molecular weight excluding hydrogens is 300 g/mol. The van der Waals surface area contributed by atoms with Gasteiger partial charge in [0.15, 0.2) is 0 Å². The minimum atomic E-state index is -0.462. The molecule has 3 nitrogen and oxygen atoms in total. The quantitative estimate of drug-likeness (QED) is 0.680. The summed E-state index contributed by atoms with van der Waals surface area (Å²) in [6.45, 7) is 13.6. The molecule has 4 unspecified atom stereocenters. The first-order chi connectivity index (χ1) is 11.1. The van der Waals surface area contributed by atoms with E-state index in [0.717, 1.165) is 24.8 Å². The van der Waals surface area contributed by atoms with Crippen molar-refractivity contribution in [3.63, 3.8) is 0 Å². The summed E-state index contributed by atoms with van der Waals surface area (Å²) in [5.41, 5.74) is 0.562. The molecule has 0 aromatic heterocycles. The predicted molar refractivity (Wildman–Crippen MR) is 95.6 cm³/mol. The number of carbonyl (C=O) groups is 1. The largest absolute Gasteiger partial charge is 0.469 e. The Morgan fingerprint density at radius 1 is 1.25 bits per heavy atom. The van der Waals surface area contributed by atoms with E-state index in [0.29, 0.717) is 12.3 Å². The van der Waals surface area contributed by atoms with E-state index in [1.807, 2.05) is 0 Å². The molecule has 0 amide bonds. The number of esters is 1. The van der Waals surface area contributed by atoms with E-state index in [1.165, 1.54) is 20.0 Å². The Morgan fingerprint density at radius 2 is 1.96 bits per heavy atom. The zero-order valence-electron chi connectivity index (χ0n) is 15.9. The summed E-state index contributed by atoms with van der Waals surface area (Å²) < 4.78 is 11.7. The molecule has 1 aliphatic heterocycles. The fourth-order valence-electron chi connectivity index (χ4n) is 5.82. The topological polar surface area (TPSA) is 35.5 Å². The van der Waals surface area contributed by atoms with Gasteiger partial charge in [-0.1, -0.05) is 45.9 Å². The minimum absolute atomic E-state index is 0.0362. The van der Waals surface area contributed by atoms with Crippen LogP contribution in [-0.2, 0) is 14.3 Å². The average molecular weight is 332 g/mol. The van der Waals surface area contributed by atoms with Gasteiger partial charge < -0.3 is 9.47 Å². The zero-order chi connectivity index (χ0) is 17.8. The molecule has 2 fully saturated rings. The van der Waals surface area contributed by atoms with Crippen molar-refractivity contribution in [1.82, 2.24) is 0 Å². The highest BCUT2D eigenvalue weighted by Crippen LogP contribution is 2.65. The average Bonchev–Trinajstić information content (AvgIpc) is 2.83. The van der Waals surface area contributed by atoms with Crippen LogP contribution in [0.5, 0.6) is 0 Å². The molecule has 0 radical (unpaired) electrons. The lowest BCUT2D eigenvalue weighted by Gasteiger charge is -2.60. The molecular formula is C21H32O3. The first-order valence-electron chi connectivity index (χ1n) is 9.23. The lowest BCUT2D eigenvalue weighted by Crippen LogP contribution is -2.59. The van der Waals surface area contributed by atoms with Crippen molar-refractivity contribution in [2.75, 3.05) is 7.11 Å². The molecule has 0 bridgehead atoms. The van der Waals surface area contributed by atoms with Crippen LogP contribution in [0.25, 0.3) is 0 Å². The summed E-state index contributed by atoms with van der Waals surface area (Å²) in [6.07, 6.45) is 10.3. The molecule has 24 heavy (non-hydrogen) atoms. The Morgan fingerprint density at radius 3 is 2.62 bits per heavy atom. The lowest BCUT2D eigenvalue weighted by molar-refractivity contribution is -0.183. The molecule has 0 aromatic rings. The molecule has 1 saturated carbocycles. The molecule has 0 aromatic carbocycles. The van der Waals surface area contributed by atoms with Gasteiger partial charge in [0.05, 0.1) is 24.7 Å². The number of hydrogen-bond donors (Lipinski definition) is 0. The summed E-state index contributed by atoms with van der Waals surface area (Å²) >= 11 is 0. The maximum atomic E-state index is 11.9. The fourth-order valence-corrected chi connectivity index (χ4v) is 5.82. The van der Waals surface area contributed by atoms with Crippen LogP contribution in [0.3, 0.4) is 0 Å². The van der Waals surface area contributed by atoms with Gasteiger partial charge in [0.2, 0.25) is 0 Å². The van der Waals surface area contributed by atoms with Gasteiger partial charge in [0.1, 0.15) is 0 Å². The van der Waals surface area contributed by atoms with Crippen LogP contribution in [0, 0.1) is 16.7 Å². The van der Waals surface area contributed by atoms with Gasteiger partial charge in [-0.05, 0) is 49.5 Å². The van der Waals surface area contributed by atoms with E-state index >= 15 is 0 Å². The van der Waals surface area contributed by atoms with Crippen molar-refractivity contribution in [1.29, 1.82) is 0 Å². The fraction of sp³-hybridized carbons (Fsp3) is 0.762. The monoisotopic (exact) mass is 332 g/mol. The van der Waals surface area contributed by atoms with Crippen molar-refractivity contribution >= 4 is 5.97 Å². The second-order valence-electron chi connectivity index (χ2n) is 9.25. The summed E-state index contributed by atoms with van der Waals surface area (Å²) in [5, 5.41) is 0. The molecule has 0 N–H and O–H groups in total. The molecule has 1 spiro atoms. The highest BCUT2D eigenvalue weighted by molar-refractivity contribution is 5.70. The Bertz CT molecular complexity index is 590. The second-order valence-corrected chi connectivity index (χ2v) is 9.25. The number of hydrogen-bond acceptors (Lipinski definition) is 3. The zero-order valence-corrected chi connectivity index (χ0v) is 15.9. The van der Waals surface area contributed by atoms with Gasteiger partial charge in [0, 0.05) is 5.41 Å². The third-order valence-corrected chi connectivity index (χ3v) is 7.15. The van der Waals surface area contributed by atoms with Gasteiger partial charge in [-0.25, -0.2) is 0 Å². The van der Waals surface area contributed by atoms with Gasteiger partial charge in [-0.2, -0.15) is 0 Å². The maximum Gasteiger partial charge on any atom is 0.308 e. The molecule has 3 heteroatoms. The Balaban J connectivity index is 1.99. The van der Waals surface area contributed by atoms with E-state index in [4.69, 9.17) is 9.47 Å². The number of fused-ring (bicyclic) bond motifs is 2. The number of ether oxygens (including phenoxy) is 2. The van der Waals surface area contributed by atoms with E-state index in [1.54, 1.807) is 0 Å². The Labute approximate surface area is 146 Å². The first-order valence-corrected chi connectivity index (χ1v) is 9.23. The number of carbonyl (C=O) groups excluding carboxylic acids is 1. The SMILES string of the molecule is C=C1C=CC2C(C)(C)CCCC2(C)C12CCC(C)(CC(=O)OC)O2. The summed E-state index contributed by atoms with van der Waals surface area (Å²) in [7, 11) is 1.44. The van der Waals surface area contributed by atoms with Crippen LogP contribution >= 0.6 is 0 Å². The molecule has 1 heterocycles. The van der Waals surface area contributed by atoms with E-state index in [9.17, 15) is 4.79 Å². The van der Waals surface area contributed by atoms with E-state index in [2.05, 4.69) is 46.4 Å². The van der Waals surface area contributed by atoms with Gasteiger partial charge in [-0.3, -0.25) is 4.79 Å². The van der Waals surface area contributed by atoms with Crippen molar-refractivity contribution in [2.45, 2.75) is 77.4 Å². The number of methoxy groups -OCH3 is 1. The maximum absolute atomic E-state index is 11.9. The van der Waals surface area contributed by atoms with Crippen molar-refractivity contribution in [3.05, 3.63) is 24.3 Å². The minimum Gasteiger partial charge on any atom is -0.469 e. The normalized spacial score (nSPS) is 43.7. The smallest absolute Gasteiger partial charge is 0.308 e. The lowest BCUT2D eigenvalue weighted by atomic mass is 9.47. The highest BCUT2D eigenvalue weighted by atomic mass is 16.5. The first kappa shape index (κ1) is 17.7. The van der Waals surface area contributed by atoms with Crippen LogP contribution in [0.2, 0.25) is 0 Å². The van der Waals surface area contributed by atoms with Gasteiger partial charge >= 0.3 is 5.97 Å². The third-order valence-electron chi connectivity index (χ3n) is 7.15. The van der Waals surface area contributed by atoms with Crippen LogP contribution in [0.4, 0.5) is 0 Å². The van der Waals surface area contributed by atoms with Gasteiger partial charge in [-0.15, -0.1) is 0 Å². The van der Waals surface area contributed by atoms with Crippen molar-refractivity contribution < 1.29 is 14.3 Å². The number of allylic oxidation sites excluding steroid dienone is 1. The van der Waals surface area contributed by atoms with E-state index < -0.39 is 5.60 Å². The third kappa shape index (κ3) is 2.39. The molecule has 134 valence electrons. The van der Waals surface area contributed by atoms with E-state index in [-0.39, 0.29) is 22.4 Å². The molecule has 1 saturated heterocycles. The van der Waals surface area contributed by atoms with Crippen LogP contribution in [0.15, 0.2) is 24.3 Å². The molecule has 4 atom stereocenters. The van der Waals surface area contributed by atoms with Crippen LogP contribution in [0.1, 0.15) is 66.2 Å².